The number of rotatable bonds is 14. The van der Waals surface area contributed by atoms with E-state index in [1.165, 1.54) is 34.7 Å². The van der Waals surface area contributed by atoms with Crippen LogP contribution >= 0.6 is 11.3 Å². The van der Waals surface area contributed by atoms with Gasteiger partial charge in [-0.2, -0.15) is 10.4 Å². The molecule has 256 valence electrons. The minimum absolute atomic E-state index is 0.0356. The summed E-state index contributed by atoms with van der Waals surface area (Å²) in [6.45, 7) is 4.55. The highest BCUT2D eigenvalue weighted by molar-refractivity contribution is 7.10. The molecule has 0 aliphatic carbocycles. The molecule has 5 rings (SSSR count). The Bertz CT molecular complexity index is 1810. The molecule has 0 spiro atoms. The Labute approximate surface area is 286 Å². The number of aryl methyl sites for hydroxylation is 1. The second kappa shape index (κ2) is 18.0. The van der Waals surface area contributed by atoms with E-state index in [2.05, 4.69) is 21.5 Å². The van der Waals surface area contributed by atoms with Crippen LogP contribution in [-0.4, -0.2) is 69.0 Å². The molecule has 14 heteroatoms. The van der Waals surface area contributed by atoms with Crippen molar-refractivity contribution in [2.45, 2.75) is 31.9 Å². The van der Waals surface area contributed by atoms with E-state index < -0.39 is 35.9 Å². The molecule has 3 N–H and O–H groups in total. The van der Waals surface area contributed by atoms with E-state index in [9.17, 15) is 9.18 Å². The number of halogens is 2. The first-order valence-corrected chi connectivity index (χ1v) is 16.1. The normalized spacial score (nSPS) is 12.7. The van der Waals surface area contributed by atoms with Crippen molar-refractivity contribution in [2.24, 2.45) is 0 Å². The van der Waals surface area contributed by atoms with Crippen molar-refractivity contribution in [2.75, 3.05) is 33.1 Å². The first-order valence-electron chi connectivity index (χ1n) is 15.2. The van der Waals surface area contributed by atoms with Gasteiger partial charge >= 0.3 is 5.97 Å². The average molecular weight is 691 g/mol. The number of aliphatic hydroxyl groups is 2. The van der Waals surface area contributed by atoms with Gasteiger partial charge in [0.2, 0.25) is 0 Å². The lowest BCUT2D eigenvalue weighted by atomic mass is 9.81. The number of hydrogen-bond acceptors (Lipinski definition) is 11. The topological polar surface area (TPSA) is 155 Å². The van der Waals surface area contributed by atoms with E-state index in [4.69, 9.17) is 29.9 Å². The molecular weight excluding hydrogens is 654 g/mol. The highest BCUT2D eigenvalue weighted by Gasteiger charge is 2.45. The largest absolute Gasteiger partial charge is 0.435 e. The summed E-state index contributed by atoms with van der Waals surface area (Å²) in [6, 6.07) is 19.2. The number of nitrogens with zero attached hydrogens (tertiary/aromatic N) is 5. The van der Waals surface area contributed by atoms with Gasteiger partial charge in [-0.3, -0.25) is 0 Å². The van der Waals surface area contributed by atoms with Crippen LogP contribution in [0.25, 0.3) is 11.3 Å². The highest BCUT2D eigenvalue weighted by Crippen LogP contribution is 2.44. The van der Waals surface area contributed by atoms with E-state index in [0.717, 1.165) is 23.3 Å². The monoisotopic (exact) mass is 690 g/mol. The Morgan fingerprint density at radius 3 is 2.41 bits per heavy atom. The van der Waals surface area contributed by atoms with Crippen molar-refractivity contribution in [1.29, 1.82) is 5.26 Å². The molecule has 0 unspecified atom stereocenters. The van der Waals surface area contributed by atoms with Crippen molar-refractivity contribution < 1.29 is 33.3 Å². The lowest BCUT2D eigenvalue weighted by Gasteiger charge is -2.38. The van der Waals surface area contributed by atoms with Gasteiger partial charge in [-0.15, -0.1) is 11.3 Å². The van der Waals surface area contributed by atoms with Gasteiger partial charge < -0.3 is 25.0 Å². The predicted octanol–water partition coefficient (Wildman–Crippen LogP) is 4.95. The number of nitrogens with one attached hydrogen (secondary N) is 1. The Morgan fingerprint density at radius 1 is 1.08 bits per heavy atom. The van der Waals surface area contributed by atoms with Crippen molar-refractivity contribution in [3.05, 3.63) is 124 Å². The maximum Gasteiger partial charge on any atom is 0.340 e. The molecule has 2 atom stereocenters. The Kier molecular flexibility index (Phi) is 13.6. The molecule has 11 nitrogen and oxygen atoms in total. The molecule has 0 aliphatic rings. The molecule has 5 aromatic rings. The van der Waals surface area contributed by atoms with Crippen molar-refractivity contribution in [1.82, 2.24) is 25.1 Å². The summed E-state index contributed by atoms with van der Waals surface area (Å²) < 4.78 is 42.9. The molecule has 0 amide bonds. The zero-order valence-corrected chi connectivity index (χ0v) is 27.7. The van der Waals surface area contributed by atoms with Gasteiger partial charge in [0.05, 0.1) is 47.7 Å². The Morgan fingerprint density at radius 2 is 1.80 bits per heavy atom. The van der Waals surface area contributed by atoms with Crippen LogP contribution in [0.5, 0.6) is 0 Å². The Balaban J connectivity index is 0.000000698. The van der Waals surface area contributed by atoms with Crippen LogP contribution in [0, 0.1) is 29.9 Å². The highest BCUT2D eigenvalue weighted by atomic mass is 32.1. The standard InChI is InChI=1S/C31H25F2N5O3S.C4H11NO2/c1-20-3-7-24(8-4-20)30(39)40-19-41-31(16-38-18-35-17-36-38,26-12-11-25(32)13-27(26)33)21(2)29-37-28(15-42-29)23-9-5-22(14-34)6-10-23;6-3-1-5-2-4-7/h3-13,15,17-18,21H,16,19H2,1-2H3;5-7H,1-4H2/t21-,31+;/m0./s1. The van der Waals surface area contributed by atoms with Crippen molar-refractivity contribution in [3.63, 3.8) is 0 Å². The average Bonchev–Trinajstić information content (AvgIpc) is 3.81. The van der Waals surface area contributed by atoms with Crippen molar-refractivity contribution >= 4 is 17.3 Å². The van der Waals surface area contributed by atoms with Crippen molar-refractivity contribution in [3.8, 4) is 17.3 Å². The SMILES string of the molecule is Cc1ccc(C(=O)OCO[C@@](Cn2cncn2)(c2ccc(F)cc2F)[C@@H](C)c2nc(-c3ccc(C#N)cc3)cs2)cc1.OCCNCCO. The van der Waals surface area contributed by atoms with E-state index in [1.54, 1.807) is 48.5 Å². The minimum atomic E-state index is -1.56. The Hall–Kier alpha value is -4.91. The summed E-state index contributed by atoms with van der Waals surface area (Å²) >= 11 is 1.34. The first kappa shape index (κ1) is 36.9. The summed E-state index contributed by atoms with van der Waals surface area (Å²) in [5.41, 5.74) is 1.78. The first-order chi connectivity index (χ1) is 23.7. The molecule has 49 heavy (non-hydrogen) atoms. The fourth-order valence-electron chi connectivity index (χ4n) is 4.87. The van der Waals surface area contributed by atoms with Crippen LogP contribution in [0.3, 0.4) is 0 Å². The maximum absolute atomic E-state index is 15.6. The number of aliphatic hydroxyl groups excluding tert-OH is 2. The summed E-state index contributed by atoms with van der Waals surface area (Å²) in [4.78, 5) is 21.6. The quantitative estimate of drug-likeness (QED) is 0.0828. The van der Waals surface area contributed by atoms with Gasteiger partial charge in [-0.1, -0.05) is 42.8 Å². The van der Waals surface area contributed by atoms with E-state index in [1.807, 2.05) is 19.2 Å². The lowest BCUT2D eigenvalue weighted by molar-refractivity contribution is -0.148. The van der Waals surface area contributed by atoms with Crippen LogP contribution in [0.4, 0.5) is 8.78 Å². The van der Waals surface area contributed by atoms with Crippen LogP contribution < -0.4 is 5.32 Å². The summed E-state index contributed by atoms with van der Waals surface area (Å²) in [5, 5.41) is 34.8. The number of carbonyl (C=O) groups is 1. The van der Waals surface area contributed by atoms with Crippen LogP contribution in [0.2, 0.25) is 0 Å². The minimum Gasteiger partial charge on any atom is -0.435 e. The number of nitriles is 1. The number of carbonyl (C=O) groups excluding carboxylic acids is 1. The maximum atomic E-state index is 15.6. The summed E-state index contributed by atoms with van der Waals surface area (Å²) in [6.07, 6.45) is 2.79. The van der Waals surface area contributed by atoms with Gasteiger partial charge in [0, 0.05) is 41.6 Å². The number of thiazole rings is 1. The van der Waals surface area contributed by atoms with Crippen LogP contribution in [0.1, 0.15) is 44.9 Å². The third-order valence-corrected chi connectivity index (χ3v) is 8.55. The third kappa shape index (κ3) is 9.82. The summed E-state index contributed by atoms with van der Waals surface area (Å²) in [5.74, 6) is -2.84. The zero-order chi connectivity index (χ0) is 35.2. The number of hydrogen-bond donors (Lipinski definition) is 3. The van der Waals surface area contributed by atoms with Gasteiger partial charge in [0.15, 0.2) is 6.79 Å². The van der Waals surface area contributed by atoms with Gasteiger partial charge in [-0.05, 0) is 37.3 Å². The molecule has 0 aliphatic heterocycles. The van der Waals surface area contributed by atoms with E-state index in [0.29, 0.717) is 34.9 Å². The molecule has 0 fully saturated rings. The van der Waals surface area contributed by atoms with Gasteiger partial charge in [0.25, 0.3) is 0 Å². The molecule has 0 radical (unpaired) electrons. The smallest absolute Gasteiger partial charge is 0.340 e. The number of esters is 1. The molecule has 2 aromatic heterocycles. The molecule has 0 saturated carbocycles. The van der Waals surface area contributed by atoms with Gasteiger partial charge in [0.1, 0.15) is 29.9 Å². The molecular formula is C35H36F2N6O5S. The van der Waals surface area contributed by atoms with E-state index >= 15 is 4.39 Å². The van der Waals surface area contributed by atoms with E-state index in [-0.39, 0.29) is 25.3 Å². The van der Waals surface area contributed by atoms with Crippen LogP contribution in [-0.2, 0) is 21.6 Å². The fourth-order valence-corrected chi connectivity index (χ4v) is 5.84. The molecule has 0 bridgehead atoms. The third-order valence-electron chi connectivity index (χ3n) is 7.52. The second-order valence-electron chi connectivity index (χ2n) is 10.8. The zero-order valence-electron chi connectivity index (χ0n) is 26.9. The van der Waals surface area contributed by atoms with Crippen LogP contribution in [0.15, 0.2) is 84.8 Å². The number of ether oxygens (including phenoxy) is 2. The second-order valence-corrected chi connectivity index (χ2v) is 11.7. The summed E-state index contributed by atoms with van der Waals surface area (Å²) in [7, 11) is 0. The van der Waals surface area contributed by atoms with Gasteiger partial charge in [-0.25, -0.2) is 28.2 Å². The molecule has 2 heterocycles. The fraction of sp³-hybridized carbons (Fsp3) is 0.286. The molecule has 3 aromatic carbocycles. The number of benzene rings is 3. The predicted molar refractivity (Wildman–Crippen MR) is 178 cm³/mol. The lowest BCUT2D eigenvalue weighted by Crippen LogP contribution is -2.42. The molecule has 0 saturated heterocycles. The number of aromatic nitrogens is 4.